The summed E-state index contributed by atoms with van der Waals surface area (Å²) in [5.41, 5.74) is 6.45. The molecule has 4 nitrogen and oxygen atoms in total. The van der Waals surface area contributed by atoms with Gasteiger partial charge in [-0.05, 0) is 25.1 Å². The van der Waals surface area contributed by atoms with Gasteiger partial charge in [0.25, 0.3) is 0 Å². The molecule has 0 bridgehead atoms. The van der Waals surface area contributed by atoms with Crippen LogP contribution in [0.2, 0.25) is 5.02 Å². The number of hydrogen-bond acceptors (Lipinski definition) is 3. The maximum Gasteiger partial charge on any atom is 0.231 e. The van der Waals surface area contributed by atoms with E-state index >= 15 is 0 Å². The normalized spacial score (nSPS) is 9.73. The van der Waals surface area contributed by atoms with Gasteiger partial charge >= 0.3 is 0 Å². The smallest absolute Gasteiger partial charge is 0.231 e. The Morgan fingerprint density at radius 2 is 2.13 bits per heavy atom. The number of carbonyl (C=O) groups is 2. The molecule has 0 aliphatic rings. The summed E-state index contributed by atoms with van der Waals surface area (Å²) in [6, 6.07) is 4.75. The van der Waals surface area contributed by atoms with Gasteiger partial charge in [-0.1, -0.05) is 11.6 Å². The first-order valence-electron chi connectivity index (χ1n) is 4.33. The van der Waals surface area contributed by atoms with Gasteiger partial charge in [0.1, 0.15) is 5.78 Å². The zero-order chi connectivity index (χ0) is 11.4. The van der Waals surface area contributed by atoms with Gasteiger partial charge < -0.3 is 11.1 Å². The Kier molecular flexibility index (Phi) is 3.68. The van der Waals surface area contributed by atoms with Crippen LogP contribution in [0, 0.1) is 0 Å². The summed E-state index contributed by atoms with van der Waals surface area (Å²) in [7, 11) is 0. The molecule has 0 spiro atoms. The molecule has 0 fully saturated rings. The monoisotopic (exact) mass is 226 g/mol. The van der Waals surface area contributed by atoms with E-state index < -0.39 is 5.91 Å². The predicted molar refractivity (Wildman–Crippen MR) is 59.8 cm³/mol. The molecule has 1 aromatic carbocycles. The fourth-order valence-electron chi connectivity index (χ4n) is 1.06. The third-order valence-electron chi connectivity index (χ3n) is 1.70. The Bertz CT molecular complexity index is 404. The number of rotatable bonds is 3. The van der Waals surface area contributed by atoms with Crippen LogP contribution in [-0.2, 0) is 9.59 Å². The van der Waals surface area contributed by atoms with Gasteiger partial charge in [0.2, 0.25) is 5.91 Å². The van der Waals surface area contributed by atoms with Crippen molar-refractivity contribution in [3.63, 3.8) is 0 Å². The Morgan fingerprint density at radius 3 is 2.73 bits per heavy atom. The Morgan fingerprint density at radius 1 is 1.47 bits per heavy atom. The number of benzene rings is 1. The van der Waals surface area contributed by atoms with E-state index in [-0.39, 0.29) is 12.2 Å². The van der Waals surface area contributed by atoms with Crippen molar-refractivity contribution in [2.75, 3.05) is 11.1 Å². The van der Waals surface area contributed by atoms with E-state index in [1.54, 1.807) is 12.1 Å². The van der Waals surface area contributed by atoms with Crippen LogP contribution >= 0.6 is 11.6 Å². The summed E-state index contributed by atoms with van der Waals surface area (Å²) >= 11 is 5.73. The van der Waals surface area contributed by atoms with Crippen molar-refractivity contribution in [1.82, 2.24) is 0 Å². The fourth-order valence-corrected chi connectivity index (χ4v) is 1.23. The number of hydrogen-bond donors (Lipinski definition) is 2. The standard InChI is InChI=1S/C10H11ClN2O2/c1-6(14)4-10(15)13-9-5-7(11)2-3-8(9)12/h2-3,5H,4,12H2,1H3,(H,13,15). The topological polar surface area (TPSA) is 72.2 Å². The maximum absolute atomic E-state index is 11.3. The number of anilines is 2. The number of halogens is 1. The number of Topliss-reactive ketones (excluding diaryl/α,β-unsaturated/α-hetero) is 1. The van der Waals surface area contributed by atoms with Gasteiger partial charge in [-0.2, -0.15) is 0 Å². The molecule has 3 N–H and O–H groups in total. The van der Waals surface area contributed by atoms with Gasteiger partial charge in [0.15, 0.2) is 0 Å². The summed E-state index contributed by atoms with van der Waals surface area (Å²) in [4.78, 5) is 21.9. The van der Waals surface area contributed by atoms with Crippen LogP contribution in [0.3, 0.4) is 0 Å². The van der Waals surface area contributed by atoms with Gasteiger partial charge in [0, 0.05) is 5.02 Å². The van der Waals surface area contributed by atoms with E-state index in [0.29, 0.717) is 16.4 Å². The fraction of sp³-hybridized carbons (Fsp3) is 0.200. The van der Waals surface area contributed by atoms with Gasteiger partial charge in [0.05, 0.1) is 17.8 Å². The minimum Gasteiger partial charge on any atom is -0.397 e. The number of nitrogens with two attached hydrogens (primary N) is 1. The zero-order valence-corrected chi connectivity index (χ0v) is 8.97. The van der Waals surface area contributed by atoms with Crippen LogP contribution in [-0.4, -0.2) is 11.7 Å². The highest BCUT2D eigenvalue weighted by Gasteiger charge is 2.07. The van der Waals surface area contributed by atoms with E-state index in [1.807, 2.05) is 0 Å². The van der Waals surface area contributed by atoms with E-state index in [0.717, 1.165) is 0 Å². The van der Waals surface area contributed by atoms with Crippen molar-refractivity contribution in [1.29, 1.82) is 0 Å². The largest absolute Gasteiger partial charge is 0.397 e. The summed E-state index contributed by atoms with van der Waals surface area (Å²) in [6.07, 6.45) is -0.161. The van der Waals surface area contributed by atoms with E-state index in [1.165, 1.54) is 13.0 Å². The molecule has 15 heavy (non-hydrogen) atoms. The molecule has 0 atom stereocenters. The summed E-state index contributed by atoms with van der Waals surface area (Å²) in [6.45, 7) is 1.35. The molecular formula is C10H11ClN2O2. The first-order chi connectivity index (χ1) is 6.99. The van der Waals surface area contributed by atoms with Gasteiger partial charge in [-0.15, -0.1) is 0 Å². The Balaban J connectivity index is 2.76. The highest BCUT2D eigenvalue weighted by atomic mass is 35.5. The predicted octanol–water partition coefficient (Wildman–Crippen LogP) is 1.84. The summed E-state index contributed by atoms with van der Waals surface area (Å²) in [5.74, 6) is -0.593. The van der Waals surface area contributed by atoms with Crippen molar-refractivity contribution in [3.8, 4) is 0 Å². The Hall–Kier alpha value is -1.55. The Labute approximate surface area is 92.4 Å². The van der Waals surface area contributed by atoms with Crippen molar-refractivity contribution in [3.05, 3.63) is 23.2 Å². The minimum atomic E-state index is -0.392. The lowest BCUT2D eigenvalue weighted by Gasteiger charge is -2.07. The van der Waals surface area contributed by atoms with E-state index in [4.69, 9.17) is 17.3 Å². The molecule has 5 heteroatoms. The number of carbonyl (C=O) groups excluding carboxylic acids is 2. The number of ketones is 1. The molecular weight excluding hydrogens is 216 g/mol. The molecule has 0 saturated heterocycles. The lowest BCUT2D eigenvalue weighted by molar-refractivity contribution is -0.124. The number of amides is 1. The van der Waals surface area contributed by atoms with Crippen molar-refractivity contribution < 1.29 is 9.59 Å². The second-order valence-electron chi connectivity index (χ2n) is 3.16. The van der Waals surface area contributed by atoms with Crippen molar-refractivity contribution in [2.24, 2.45) is 0 Å². The van der Waals surface area contributed by atoms with Crippen LogP contribution in [0.25, 0.3) is 0 Å². The molecule has 0 radical (unpaired) electrons. The molecule has 0 aliphatic heterocycles. The molecule has 1 rings (SSSR count). The molecule has 1 amide bonds. The second-order valence-corrected chi connectivity index (χ2v) is 3.59. The molecule has 1 aromatic rings. The van der Waals surface area contributed by atoms with Crippen LogP contribution in [0.15, 0.2) is 18.2 Å². The molecule has 0 unspecified atom stereocenters. The number of nitrogen functional groups attached to an aromatic ring is 1. The van der Waals surface area contributed by atoms with E-state index in [9.17, 15) is 9.59 Å². The lowest BCUT2D eigenvalue weighted by atomic mass is 10.2. The molecule has 0 saturated carbocycles. The SMILES string of the molecule is CC(=O)CC(=O)Nc1cc(Cl)ccc1N. The average Bonchev–Trinajstić information content (AvgIpc) is 2.10. The maximum atomic E-state index is 11.3. The molecule has 0 heterocycles. The first-order valence-corrected chi connectivity index (χ1v) is 4.71. The van der Waals surface area contributed by atoms with Crippen LogP contribution in [0.1, 0.15) is 13.3 Å². The summed E-state index contributed by atoms with van der Waals surface area (Å²) in [5, 5.41) is 2.99. The van der Waals surface area contributed by atoms with Gasteiger partial charge in [-0.25, -0.2) is 0 Å². The van der Waals surface area contributed by atoms with E-state index in [2.05, 4.69) is 5.32 Å². The highest BCUT2D eigenvalue weighted by Crippen LogP contribution is 2.22. The summed E-state index contributed by atoms with van der Waals surface area (Å²) < 4.78 is 0. The third kappa shape index (κ3) is 3.59. The zero-order valence-electron chi connectivity index (χ0n) is 8.21. The minimum absolute atomic E-state index is 0.161. The quantitative estimate of drug-likeness (QED) is 0.610. The molecule has 80 valence electrons. The number of nitrogens with one attached hydrogen (secondary N) is 1. The lowest BCUT2D eigenvalue weighted by Crippen LogP contribution is -2.15. The second kappa shape index (κ2) is 4.79. The van der Waals surface area contributed by atoms with Crippen molar-refractivity contribution in [2.45, 2.75) is 13.3 Å². The van der Waals surface area contributed by atoms with Crippen molar-refractivity contribution >= 4 is 34.7 Å². The molecule has 0 aromatic heterocycles. The van der Waals surface area contributed by atoms with Crippen LogP contribution in [0.5, 0.6) is 0 Å². The van der Waals surface area contributed by atoms with Gasteiger partial charge in [-0.3, -0.25) is 9.59 Å². The first kappa shape index (κ1) is 11.5. The molecule has 0 aliphatic carbocycles. The van der Waals surface area contributed by atoms with Crippen LogP contribution < -0.4 is 11.1 Å². The average molecular weight is 227 g/mol. The van der Waals surface area contributed by atoms with Crippen LogP contribution in [0.4, 0.5) is 11.4 Å². The third-order valence-corrected chi connectivity index (χ3v) is 1.93. The highest BCUT2D eigenvalue weighted by molar-refractivity contribution is 6.31.